The summed E-state index contributed by atoms with van der Waals surface area (Å²) in [6, 6.07) is 13.1. The second kappa shape index (κ2) is 5.46. The first kappa shape index (κ1) is 13.5. The van der Waals surface area contributed by atoms with Crippen LogP contribution in [-0.2, 0) is 0 Å². The summed E-state index contributed by atoms with van der Waals surface area (Å²) in [5, 5.41) is 10.0. The minimum atomic E-state index is -0.965. The molecule has 3 rings (SSSR count). The van der Waals surface area contributed by atoms with Crippen molar-refractivity contribution in [2.45, 2.75) is 6.92 Å². The van der Waals surface area contributed by atoms with Crippen LogP contribution in [0.25, 0.3) is 22.0 Å². The topological polar surface area (TPSA) is 63.1 Å². The van der Waals surface area contributed by atoms with Gasteiger partial charge >= 0.3 is 5.97 Å². The summed E-state index contributed by atoms with van der Waals surface area (Å²) in [7, 11) is 0. The van der Waals surface area contributed by atoms with Crippen LogP contribution >= 0.6 is 11.3 Å². The van der Waals surface area contributed by atoms with Crippen molar-refractivity contribution in [3.8, 4) is 22.0 Å². The lowest BCUT2D eigenvalue weighted by Crippen LogP contribution is -1.96. The van der Waals surface area contributed by atoms with Gasteiger partial charge < -0.3 is 5.11 Å². The molecule has 5 heteroatoms. The Hall–Kier alpha value is -2.53. The normalized spacial score (nSPS) is 10.5. The van der Waals surface area contributed by atoms with Crippen molar-refractivity contribution in [1.29, 1.82) is 0 Å². The molecule has 0 saturated carbocycles. The van der Waals surface area contributed by atoms with E-state index in [9.17, 15) is 9.90 Å². The van der Waals surface area contributed by atoms with Crippen molar-refractivity contribution in [2.75, 3.05) is 0 Å². The molecular formula is C16H12N2O2S. The summed E-state index contributed by atoms with van der Waals surface area (Å²) in [6.07, 6.45) is 1.67. The van der Waals surface area contributed by atoms with Gasteiger partial charge in [-0.25, -0.2) is 9.78 Å². The molecular weight excluding hydrogens is 284 g/mol. The fourth-order valence-electron chi connectivity index (χ4n) is 2.09. The Kier molecular flexibility index (Phi) is 3.50. The first-order valence-electron chi connectivity index (χ1n) is 6.38. The number of thiazole rings is 1. The van der Waals surface area contributed by atoms with Crippen LogP contribution in [0.1, 0.15) is 15.2 Å². The van der Waals surface area contributed by atoms with Crippen molar-refractivity contribution < 1.29 is 9.90 Å². The minimum Gasteiger partial charge on any atom is -0.477 e. The Morgan fingerprint density at radius 1 is 1.14 bits per heavy atom. The molecule has 0 unspecified atom stereocenters. The highest BCUT2D eigenvalue weighted by Crippen LogP contribution is 2.34. The molecule has 3 aromatic rings. The molecule has 1 N–H and O–H groups in total. The number of pyridine rings is 1. The number of hydrogen-bond acceptors (Lipinski definition) is 4. The van der Waals surface area contributed by atoms with Gasteiger partial charge in [-0.05, 0) is 24.6 Å². The molecule has 2 aromatic heterocycles. The molecule has 0 spiro atoms. The molecule has 0 fully saturated rings. The Morgan fingerprint density at radius 3 is 2.57 bits per heavy atom. The number of carboxylic acids is 1. The van der Waals surface area contributed by atoms with Crippen LogP contribution in [0.3, 0.4) is 0 Å². The molecule has 21 heavy (non-hydrogen) atoms. The van der Waals surface area contributed by atoms with Gasteiger partial charge in [0.2, 0.25) is 0 Å². The molecule has 0 saturated heterocycles. The van der Waals surface area contributed by atoms with Gasteiger partial charge in [-0.1, -0.05) is 30.3 Å². The van der Waals surface area contributed by atoms with Crippen LogP contribution in [0.5, 0.6) is 0 Å². The summed E-state index contributed by atoms with van der Waals surface area (Å²) < 4.78 is 0. The van der Waals surface area contributed by atoms with E-state index in [2.05, 4.69) is 9.97 Å². The molecule has 0 amide bonds. The smallest absolute Gasteiger partial charge is 0.348 e. The highest BCUT2D eigenvalue weighted by Gasteiger charge is 2.20. The van der Waals surface area contributed by atoms with Crippen LogP contribution < -0.4 is 0 Å². The fourth-order valence-corrected chi connectivity index (χ4v) is 2.98. The van der Waals surface area contributed by atoms with Crippen molar-refractivity contribution in [3.05, 3.63) is 59.1 Å². The standard InChI is InChI=1S/C16H12N2O2S/c1-10-6-2-3-7-11(10)13-14(16(19)20)21-15(18-13)12-8-4-5-9-17-12/h2-9H,1H3,(H,19,20). The zero-order valence-electron chi connectivity index (χ0n) is 11.3. The van der Waals surface area contributed by atoms with Gasteiger partial charge in [-0.2, -0.15) is 0 Å². The van der Waals surface area contributed by atoms with E-state index in [1.54, 1.807) is 6.20 Å². The molecule has 4 nitrogen and oxygen atoms in total. The average molecular weight is 296 g/mol. The molecule has 0 aliphatic carbocycles. The number of rotatable bonds is 3. The van der Waals surface area contributed by atoms with Gasteiger partial charge in [0.1, 0.15) is 9.88 Å². The Balaban J connectivity index is 2.19. The Labute approximate surface area is 125 Å². The predicted molar refractivity (Wildman–Crippen MR) is 82.5 cm³/mol. The molecule has 0 bridgehead atoms. The number of aryl methyl sites for hydroxylation is 1. The number of hydrogen-bond donors (Lipinski definition) is 1. The number of nitrogens with zero attached hydrogens (tertiary/aromatic N) is 2. The third kappa shape index (κ3) is 2.55. The highest BCUT2D eigenvalue weighted by molar-refractivity contribution is 7.17. The third-order valence-corrected chi connectivity index (χ3v) is 4.17. The third-order valence-electron chi connectivity index (χ3n) is 3.11. The van der Waals surface area contributed by atoms with E-state index in [1.165, 1.54) is 0 Å². The summed E-state index contributed by atoms with van der Waals surface area (Å²) in [6.45, 7) is 1.95. The maximum Gasteiger partial charge on any atom is 0.348 e. The maximum absolute atomic E-state index is 11.5. The van der Waals surface area contributed by atoms with Gasteiger partial charge in [0.15, 0.2) is 0 Å². The SMILES string of the molecule is Cc1ccccc1-c1nc(-c2ccccn2)sc1C(=O)O. The second-order valence-corrected chi connectivity index (χ2v) is 5.53. The minimum absolute atomic E-state index is 0.241. The molecule has 0 aliphatic rings. The van der Waals surface area contributed by atoms with Crippen LogP contribution in [-0.4, -0.2) is 21.0 Å². The number of carbonyl (C=O) groups is 1. The van der Waals surface area contributed by atoms with Gasteiger partial charge in [0, 0.05) is 11.8 Å². The quantitative estimate of drug-likeness (QED) is 0.796. The average Bonchev–Trinajstić information content (AvgIpc) is 2.94. The number of aromatic carboxylic acids is 1. The molecule has 0 atom stereocenters. The maximum atomic E-state index is 11.5. The Bertz CT molecular complexity index is 797. The number of carboxylic acid groups (broad SMARTS) is 1. The highest BCUT2D eigenvalue weighted by atomic mass is 32.1. The van der Waals surface area contributed by atoms with E-state index in [0.717, 1.165) is 22.5 Å². The van der Waals surface area contributed by atoms with Gasteiger partial charge in [-0.3, -0.25) is 4.98 Å². The second-order valence-electron chi connectivity index (χ2n) is 4.53. The van der Waals surface area contributed by atoms with E-state index in [4.69, 9.17) is 0 Å². The van der Waals surface area contributed by atoms with E-state index < -0.39 is 5.97 Å². The van der Waals surface area contributed by atoms with E-state index in [1.807, 2.05) is 49.4 Å². The summed E-state index contributed by atoms with van der Waals surface area (Å²) >= 11 is 1.15. The lowest BCUT2D eigenvalue weighted by Gasteiger charge is -2.02. The monoisotopic (exact) mass is 296 g/mol. The number of benzene rings is 1. The first-order chi connectivity index (χ1) is 10.2. The molecule has 1 aromatic carbocycles. The predicted octanol–water partition coefficient (Wildman–Crippen LogP) is 3.88. The van der Waals surface area contributed by atoms with Crippen LogP contribution in [0.15, 0.2) is 48.7 Å². The summed E-state index contributed by atoms with van der Waals surface area (Å²) in [5.74, 6) is -0.965. The fraction of sp³-hybridized carbons (Fsp3) is 0.0625. The lowest BCUT2D eigenvalue weighted by atomic mass is 10.1. The zero-order chi connectivity index (χ0) is 14.8. The van der Waals surface area contributed by atoms with Crippen LogP contribution in [0.4, 0.5) is 0 Å². The van der Waals surface area contributed by atoms with Crippen molar-refractivity contribution >= 4 is 17.3 Å². The first-order valence-corrected chi connectivity index (χ1v) is 7.20. The van der Waals surface area contributed by atoms with Crippen molar-refractivity contribution in [3.63, 3.8) is 0 Å². The van der Waals surface area contributed by atoms with Crippen LogP contribution in [0.2, 0.25) is 0 Å². The van der Waals surface area contributed by atoms with E-state index in [-0.39, 0.29) is 4.88 Å². The van der Waals surface area contributed by atoms with Crippen molar-refractivity contribution in [1.82, 2.24) is 9.97 Å². The van der Waals surface area contributed by atoms with Gasteiger partial charge in [0.25, 0.3) is 0 Å². The van der Waals surface area contributed by atoms with Gasteiger partial charge in [0.05, 0.1) is 11.4 Å². The zero-order valence-corrected chi connectivity index (χ0v) is 12.1. The van der Waals surface area contributed by atoms with Crippen LogP contribution in [0, 0.1) is 6.92 Å². The van der Waals surface area contributed by atoms with Gasteiger partial charge in [-0.15, -0.1) is 11.3 Å². The summed E-state index contributed by atoms with van der Waals surface area (Å²) in [5.41, 5.74) is 3.03. The molecule has 104 valence electrons. The van der Waals surface area contributed by atoms with E-state index >= 15 is 0 Å². The van der Waals surface area contributed by atoms with Crippen molar-refractivity contribution in [2.24, 2.45) is 0 Å². The number of aromatic nitrogens is 2. The summed E-state index contributed by atoms with van der Waals surface area (Å²) in [4.78, 5) is 20.5. The molecule has 0 radical (unpaired) electrons. The Morgan fingerprint density at radius 2 is 1.90 bits per heavy atom. The molecule has 0 aliphatic heterocycles. The lowest BCUT2D eigenvalue weighted by molar-refractivity contribution is 0.0702. The van der Waals surface area contributed by atoms with E-state index in [0.29, 0.717) is 16.4 Å². The largest absolute Gasteiger partial charge is 0.477 e. The molecule has 2 heterocycles.